The first-order valence-corrected chi connectivity index (χ1v) is 22.8. The van der Waals surface area contributed by atoms with Gasteiger partial charge in [-0.25, -0.2) is 4.79 Å². The molecule has 5 amide bonds. The van der Waals surface area contributed by atoms with Crippen molar-refractivity contribution in [1.29, 1.82) is 0 Å². The summed E-state index contributed by atoms with van der Waals surface area (Å²) in [6, 6.07) is 6.06. The van der Waals surface area contributed by atoms with Crippen molar-refractivity contribution in [3.63, 3.8) is 0 Å². The fourth-order valence-corrected chi connectivity index (χ4v) is 12.6. The van der Waals surface area contributed by atoms with E-state index in [1.165, 1.54) is 24.2 Å². The molecule has 12 heteroatoms. The lowest BCUT2D eigenvalue weighted by molar-refractivity contribution is -0.144. The van der Waals surface area contributed by atoms with Gasteiger partial charge < -0.3 is 25.8 Å². The molecular formula is C48H67N5O7. The number of carbonyl (C=O) groups excluding carboxylic acids is 7. The van der Waals surface area contributed by atoms with Gasteiger partial charge in [0.05, 0.1) is 6.04 Å². The van der Waals surface area contributed by atoms with Gasteiger partial charge in [0.15, 0.2) is 11.6 Å². The van der Waals surface area contributed by atoms with Crippen LogP contribution in [0.2, 0.25) is 0 Å². The van der Waals surface area contributed by atoms with E-state index in [1.54, 1.807) is 49.3 Å². The number of piperidine rings is 1. The van der Waals surface area contributed by atoms with Crippen molar-refractivity contribution in [2.24, 2.45) is 46.8 Å². The van der Waals surface area contributed by atoms with Crippen LogP contribution in [0.25, 0.3) is 0 Å². The molecule has 0 spiro atoms. The summed E-state index contributed by atoms with van der Waals surface area (Å²) in [7, 11) is 3.19. The number of carbonyl (C=O) groups is 7. The maximum atomic E-state index is 14.9. The highest BCUT2D eigenvalue weighted by atomic mass is 16.2. The average molecular weight is 826 g/mol. The number of urea groups is 1. The normalized spacial score (nSPS) is 30.0. The van der Waals surface area contributed by atoms with E-state index >= 15 is 0 Å². The topological polar surface area (TPSA) is 162 Å². The summed E-state index contributed by atoms with van der Waals surface area (Å²) in [5.74, 6) is -1.77. The van der Waals surface area contributed by atoms with Crippen LogP contribution in [0.3, 0.4) is 0 Å². The molecule has 4 bridgehead atoms. The average Bonchev–Trinajstić information content (AvgIpc) is 3.50. The Labute approximate surface area is 355 Å². The van der Waals surface area contributed by atoms with Crippen LogP contribution in [0.15, 0.2) is 43.0 Å². The van der Waals surface area contributed by atoms with Crippen LogP contribution in [-0.2, 0) is 28.8 Å². The number of hydrogen-bond acceptors (Lipinski definition) is 7. The number of Topliss-reactive ketones (excluding diaryl/α,β-unsaturated/α-hetero) is 3. The molecule has 6 atom stereocenters. The summed E-state index contributed by atoms with van der Waals surface area (Å²) in [5.41, 5.74) is 0.216. The first-order chi connectivity index (χ1) is 28.6. The number of amides is 5. The standard InChI is InChI=1S/C48H67N5O7/c1-6-7-14-34(43(57)36(54)19-20-38(56)49-40(44(58)52(4)5)32-15-10-8-11-16-32)24-37(55)42-39-35(47(39,2)3)28-53(42)45(59)41(33-17-12-9-13-18-33)50-46(60)51-48-25-29-21-30(26-48)23-31(22-29)27-48/h6,8,10-11,15-16,29-31,33-35,39-42H,1,7,9,12-14,17-28H2,2-5H3,(H,49,56)(H2,50,51,60)/t29?,30?,31?,34?,35-,39-,40-,41-,42+,48?/m0/s1. The highest BCUT2D eigenvalue weighted by Gasteiger charge is 2.69. The van der Waals surface area contributed by atoms with Crippen molar-refractivity contribution in [2.45, 2.75) is 140 Å². The molecule has 7 aliphatic rings. The third kappa shape index (κ3) is 9.27. The SMILES string of the molecule is C=CCCC(CC(=O)[C@@H]1[C@@H]2[C@H](CN1C(=O)[C@@H](NC(=O)NC13CC4CC(CC(C4)C1)C3)C1CCCCC1)C2(C)C)C(=O)C(=O)CCC(=O)N[C@H](C(=O)N(C)C)c1ccccc1. The molecule has 326 valence electrons. The van der Waals surface area contributed by atoms with Gasteiger partial charge in [0.1, 0.15) is 12.1 Å². The van der Waals surface area contributed by atoms with E-state index in [0.717, 1.165) is 51.4 Å². The minimum absolute atomic E-state index is 0.0326. The number of allylic oxidation sites excluding steroid dienone is 1. The molecule has 7 fully saturated rings. The molecule has 3 N–H and O–H groups in total. The molecule has 0 radical (unpaired) electrons. The molecule has 60 heavy (non-hydrogen) atoms. The van der Waals surface area contributed by atoms with Crippen LogP contribution in [0, 0.1) is 46.8 Å². The predicted octanol–water partition coefficient (Wildman–Crippen LogP) is 6.09. The van der Waals surface area contributed by atoms with E-state index in [9.17, 15) is 33.6 Å². The number of rotatable bonds is 18. The number of hydrogen-bond donors (Lipinski definition) is 3. The molecule has 6 aliphatic carbocycles. The maximum absolute atomic E-state index is 14.9. The molecule has 12 nitrogen and oxygen atoms in total. The monoisotopic (exact) mass is 826 g/mol. The largest absolute Gasteiger partial charge is 0.347 e. The highest BCUT2D eigenvalue weighted by Crippen LogP contribution is 2.65. The Kier molecular flexibility index (Phi) is 13.1. The minimum Gasteiger partial charge on any atom is -0.347 e. The zero-order chi connectivity index (χ0) is 42.9. The van der Waals surface area contributed by atoms with Crippen LogP contribution in [0.4, 0.5) is 4.79 Å². The second-order valence-corrected chi connectivity index (χ2v) is 20.2. The first-order valence-electron chi connectivity index (χ1n) is 22.8. The Morgan fingerprint density at radius 2 is 1.52 bits per heavy atom. The molecule has 1 aromatic rings. The first kappa shape index (κ1) is 43.7. The van der Waals surface area contributed by atoms with Gasteiger partial charge in [-0.3, -0.25) is 28.8 Å². The molecule has 1 unspecified atom stereocenters. The number of likely N-dealkylation sites (tertiary alicyclic amines) is 1. The van der Waals surface area contributed by atoms with E-state index < -0.39 is 41.5 Å². The van der Waals surface area contributed by atoms with Crippen molar-refractivity contribution >= 4 is 41.1 Å². The van der Waals surface area contributed by atoms with Gasteiger partial charge in [-0.05, 0) is 111 Å². The molecule has 1 aromatic carbocycles. The molecular weight excluding hydrogens is 759 g/mol. The number of likely N-dealkylation sites (N-methyl/N-ethyl adjacent to an activating group) is 1. The van der Waals surface area contributed by atoms with Gasteiger partial charge in [-0.15, -0.1) is 6.58 Å². The van der Waals surface area contributed by atoms with E-state index in [-0.39, 0.29) is 78.0 Å². The molecule has 8 rings (SSSR count). The van der Waals surface area contributed by atoms with Crippen molar-refractivity contribution in [3.05, 3.63) is 48.6 Å². The summed E-state index contributed by atoms with van der Waals surface area (Å²) in [5, 5.41) is 9.32. The van der Waals surface area contributed by atoms with Crippen molar-refractivity contribution in [1.82, 2.24) is 25.8 Å². The van der Waals surface area contributed by atoms with E-state index in [2.05, 4.69) is 36.4 Å². The maximum Gasteiger partial charge on any atom is 0.315 e. The highest BCUT2D eigenvalue weighted by molar-refractivity contribution is 6.38. The third-order valence-electron chi connectivity index (χ3n) is 15.4. The van der Waals surface area contributed by atoms with E-state index in [4.69, 9.17) is 0 Å². The van der Waals surface area contributed by atoms with Crippen LogP contribution in [0.1, 0.15) is 128 Å². The Morgan fingerprint density at radius 3 is 2.12 bits per heavy atom. The number of nitrogens with one attached hydrogen (secondary N) is 3. The lowest BCUT2D eigenvalue weighted by Crippen LogP contribution is -2.64. The van der Waals surface area contributed by atoms with Gasteiger partial charge in [-0.1, -0.05) is 69.5 Å². The Balaban J connectivity index is 1.02. The number of benzene rings is 1. The quantitative estimate of drug-likeness (QED) is 0.119. The number of fused-ring (bicyclic) bond motifs is 1. The van der Waals surface area contributed by atoms with Crippen LogP contribution >= 0.6 is 0 Å². The summed E-state index contributed by atoms with van der Waals surface area (Å²) in [4.78, 5) is 99.8. The van der Waals surface area contributed by atoms with Gasteiger partial charge >= 0.3 is 6.03 Å². The Morgan fingerprint density at radius 1 is 0.883 bits per heavy atom. The second kappa shape index (κ2) is 17.9. The van der Waals surface area contributed by atoms with E-state index in [0.29, 0.717) is 36.3 Å². The van der Waals surface area contributed by atoms with Crippen molar-refractivity contribution < 1.29 is 33.6 Å². The molecule has 1 heterocycles. The summed E-state index contributed by atoms with van der Waals surface area (Å²) in [6.07, 6.45) is 12.9. The Bertz CT molecular complexity index is 1800. The van der Waals surface area contributed by atoms with Gasteiger partial charge in [0, 0.05) is 51.4 Å². The summed E-state index contributed by atoms with van der Waals surface area (Å²) >= 11 is 0. The number of nitrogens with zero attached hydrogens (tertiary/aromatic N) is 2. The van der Waals surface area contributed by atoms with Gasteiger partial charge in [0.25, 0.3) is 0 Å². The van der Waals surface area contributed by atoms with E-state index in [1.807, 2.05) is 6.07 Å². The lowest BCUT2D eigenvalue weighted by Gasteiger charge is -2.56. The lowest BCUT2D eigenvalue weighted by atomic mass is 9.53. The van der Waals surface area contributed by atoms with Crippen LogP contribution in [-0.4, -0.2) is 89.2 Å². The zero-order valence-electron chi connectivity index (χ0n) is 36.2. The predicted molar refractivity (Wildman–Crippen MR) is 227 cm³/mol. The smallest absolute Gasteiger partial charge is 0.315 e. The molecule has 1 aliphatic heterocycles. The second-order valence-electron chi connectivity index (χ2n) is 20.2. The van der Waals surface area contributed by atoms with Crippen molar-refractivity contribution in [2.75, 3.05) is 20.6 Å². The Hall–Kier alpha value is -4.35. The van der Waals surface area contributed by atoms with Gasteiger partial charge in [0.2, 0.25) is 23.5 Å². The fraction of sp³-hybridized carbons (Fsp3) is 0.688. The van der Waals surface area contributed by atoms with Crippen LogP contribution < -0.4 is 16.0 Å². The molecule has 6 saturated carbocycles. The third-order valence-corrected chi connectivity index (χ3v) is 15.4. The van der Waals surface area contributed by atoms with Gasteiger partial charge in [-0.2, -0.15) is 0 Å². The number of ketones is 3. The zero-order valence-corrected chi connectivity index (χ0v) is 36.2. The summed E-state index contributed by atoms with van der Waals surface area (Å²) < 4.78 is 0. The minimum atomic E-state index is -0.950. The van der Waals surface area contributed by atoms with Crippen LogP contribution in [0.5, 0.6) is 0 Å². The molecule has 1 saturated heterocycles. The molecule has 0 aromatic heterocycles. The summed E-state index contributed by atoms with van der Waals surface area (Å²) in [6.45, 7) is 8.43. The fourth-order valence-electron chi connectivity index (χ4n) is 12.6. The van der Waals surface area contributed by atoms with Crippen molar-refractivity contribution in [3.8, 4) is 0 Å².